The maximum Gasteiger partial charge on any atom is 0.336 e. The number of aromatic carboxylic acids is 1. The van der Waals surface area contributed by atoms with E-state index in [0.717, 1.165) is 25.7 Å². The molecule has 5 nitrogen and oxygen atoms in total. The quantitative estimate of drug-likeness (QED) is 0.847. The summed E-state index contributed by atoms with van der Waals surface area (Å²) in [5, 5.41) is 9.18. The van der Waals surface area contributed by atoms with Gasteiger partial charge < -0.3 is 5.11 Å². The van der Waals surface area contributed by atoms with Crippen molar-refractivity contribution in [2.75, 3.05) is 4.90 Å². The first-order chi connectivity index (χ1) is 10.0. The molecule has 1 aromatic carbocycles. The highest BCUT2D eigenvalue weighted by atomic mass is 16.4. The summed E-state index contributed by atoms with van der Waals surface area (Å²) in [4.78, 5) is 37.5. The largest absolute Gasteiger partial charge is 0.478 e. The standard InChI is InChI=1S/C16H17NO4/c1-9-10(16(20)21)7-4-8-13(9)17-14(18)11-5-2-3-6-12(11)15(17)19/h4,7-8,11-12H,2-3,5-6H2,1H3,(H,20,21). The number of nitrogens with zero attached hydrogens (tertiary/aromatic N) is 1. The van der Waals surface area contributed by atoms with E-state index < -0.39 is 5.97 Å². The van der Waals surface area contributed by atoms with Crippen molar-refractivity contribution in [3.05, 3.63) is 29.3 Å². The molecule has 0 radical (unpaired) electrons. The van der Waals surface area contributed by atoms with Crippen LogP contribution >= 0.6 is 0 Å². The van der Waals surface area contributed by atoms with Gasteiger partial charge in [0, 0.05) is 0 Å². The Hall–Kier alpha value is -2.17. The topological polar surface area (TPSA) is 74.7 Å². The molecule has 21 heavy (non-hydrogen) atoms. The maximum absolute atomic E-state index is 12.5. The van der Waals surface area contributed by atoms with Crippen molar-refractivity contribution < 1.29 is 19.5 Å². The number of anilines is 1. The molecule has 1 saturated heterocycles. The zero-order chi connectivity index (χ0) is 15.1. The van der Waals surface area contributed by atoms with Crippen LogP contribution in [0.2, 0.25) is 0 Å². The normalized spacial score (nSPS) is 25.1. The Bertz CT molecular complexity index is 613. The van der Waals surface area contributed by atoms with E-state index in [0.29, 0.717) is 11.3 Å². The second kappa shape index (κ2) is 4.98. The Labute approximate surface area is 122 Å². The number of hydrogen-bond acceptors (Lipinski definition) is 3. The van der Waals surface area contributed by atoms with Crippen molar-refractivity contribution in [3.8, 4) is 0 Å². The summed E-state index contributed by atoms with van der Waals surface area (Å²) in [5.41, 5.74) is 1.01. The Morgan fingerprint density at radius 3 is 2.24 bits per heavy atom. The minimum atomic E-state index is -1.05. The molecular weight excluding hydrogens is 270 g/mol. The number of carbonyl (C=O) groups is 3. The molecule has 2 unspecified atom stereocenters. The lowest BCUT2D eigenvalue weighted by Crippen LogP contribution is -2.31. The molecule has 2 amide bonds. The van der Waals surface area contributed by atoms with Gasteiger partial charge in [0.1, 0.15) is 0 Å². The molecule has 1 aliphatic heterocycles. The van der Waals surface area contributed by atoms with Gasteiger partial charge in [0.05, 0.1) is 23.1 Å². The number of carbonyl (C=O) groups excluding carboxylic acids is 2. The highest BCUT2D eigenvalue weighted by Gasteiger charge is 2.49. The molecule has 3 rings (SSSR count). The van der Waals surface area contributed by atoms with Crippen molar-refractivity contribution >= 4 is 23.5 Å². The number of carboxylic acids is 1. The lowest BCUT2D eigenvalue weighted by atomic mass is 9.81. The molecule has 0 aromatic heterocycles. The van der Waals surface area contributed by atoms with E-state index in [-0.39, 0.29) is 29.2 Å². The van der Waals surface area contributed by atoms with E-state index in [1.165, 1.54) is 11.0 Å². The van der Waals surface area contributed by atoms with Gasteiger partial charge in [-0.25, -0.2) is 9.69 Å². The fraction of sp³-hybridized carbons (Fsp3) is 0.438. The summed E-state index contributed by atoms with van der Waals surface area (Å²) in [5.74, 6) is -1.84. The summed E-state index contributed by atoms with van der Waals surface area (Å²) in [6, 6.07) is 4.71. The Morgan fingerprint density at radius 1 is 1.14 bits per heavy atom. The summed E-state index contributed by atoms with van der Waals surface area (Å²) >= 11 is 0. The lowest BCUT2D eigenvalue weighted by Gasteiger charge is -2.19. The second-order valence-corrected chi connectivity index (χ2v) is 5.76. The number of benzene rings is 1. The van der Waals surface area contributed by atoms with Crippen LogP contribution in [0.25, 0.3) is 0 Å². The van der Waals surface area contributed by atoms with Crippen LogP contribution in [0.3, 0.4) is 0 Å². The maximum atomic E-state index is 12.5. The number of amides is 2. The number of rotatable bonds is 2. The highest BCUT2D eigenvalue weighted by Crippen LogP contribution is 2.41. The smallest absolute Gasteiger partial charge is 0.336 e. The molecule has 0 bridgehead atoms. The van der Waals surface area contributed by atoms with Gasteiger partial charge >= 0.3 is 5.97 Å². The van der Waals surface area contributed by atoms with Crippen LogP contribution in [0.4, 0.5) is 5.69 Å². The molecule has 2 aliphatic rings. The molecule has 1 aliphatic carbocycles. The van der Waals surface area contributed by atoms with E-state index in [9.17, 15) is 19.5 Å². The fourth-order valence-corrected chi connectivity index (χ4v) is 3.50. The van der Waals surface area contributed by atoms with Crippen LogP contribution in [-0.4, -0.2) is 22.9 Å². The van der Waals surface area contributed by atoms with Gasteiger partial charge in [0.25, 0.3) is 0 Å². The first-order valence-corrected chi connectivity index (χ1v) is 7.23. The van der Waals surface area contributed by atoms with E-state index >= 15 is 0 Å². The molecule has 2 atom stereocenters. The number of carboxylic acid groups (broad SMARTS) is 1. The van der Waals surface area contributed by atoms with E-state index in [1.807, 2.05) is 0 Å². The minimum Gasteiger partial charge on any atom is -0.478 e. The number of fused-ring (bicyclic) bond motifs is 1. The number of hydrogen-bond donors (Lipinski definition) is 1. The van der Waals surface area contributed by atoms with Gasteiger partial charge in [-0.2, -0.15) is 0 Å². The molecule has 5 heteroatoms. The third kappa shape index (κ3) is 2.04. The predicted molar refractivity (Wildman–Crippen MR) is 76.1 cm³/mol. The highest BCUT2D eigenvalue weighted by molar-refractivity contribution is 6.22. The molecular formula is C16H17NO4. The van der Waals surface area contributed by atoms with Crippen LogP contribution < -0.4 is 4.90 Å². The molecule has 0 spiro atoms. The monoisotopic (exact) mass is 287 g/mol. The average Bonchev–Trinajstić information content (AvgIpc) is 2.72. The molecule has 1 heterocycles. The zero-order valence-corrected chi connectivity index (χ0v) is 11.8. The van der Waals surface area contributed by atoms with Crippen molar-refractivity contribution in [3.63, 3.8) is 0 Å². The van der Waals surface area contributed by atoms with Gasteiger partial charge in [-0.1, -0.05) is 18.9 Å². The molecule has 110 valence electrons. The van der Waals surface area contributed by atoms with Gasteiger partial charge in [0.2, 0.25) is 11.8 Å². The van der Waals surface area contributed by atoms with Gasteiger partial charge in [-0.3, -0.25) is 9.59 Å². The summed E-state index contributed by atoms with van der Waals surface area (Å²) in [7, 11) is 0. The Morgan fingerprint density at radius 2 is 1.71 bits per heavy atom. The minimum absolute atomic E-state index is 0.128. The predicted octanol–water partition coefficient (Wildman–Crippen LogP) is 2.37. The first kappa shape index (κ1) is 13.8. The van der Waals surface area contributed by atoms with E-state index in [2.05, 4.69) is 0 Å². The molecule has 1 N–H and O–H groups in total. The molecule has 1 aromatic rings. The zero-order valence-electron chi connectivity index (χ0n) is 11.8. The van der Waals surface area contributed by atoms with E-state index in [1.54, 1.807) is 19.1 Å². The molecule has 2 fully saturated rings. The van der Waals surface area contributed by atoms with Crippen LogP contribution in [0.5, 0.6) is 0 Å². The Balaban J connectivity index is 2.04. The SMILES string of the molecule is Cc1c(C(=O)O)cccc1N1C(=O)C2CCCCC2C1=O. The van der Waals surface area contributed by atoms with Crippen LogP contribution in [0, 0.1) is 18.8 Å². The van der Waals surface area contributed by atoms with Gasteiger partial charge in [0.15, 0.2) is 0 Å². The fourth-order valence-electron chi connectivity index (χ4n) is 3.50. The average molecular weight is 287 g/mol. The van der Waals surface area contributed by atoms with Crippen molar-refractivity contribution in [2.24, 2.45) is 11.8 Å². The van der Waals surface area contributed by atoms with Gasteiger partial charge in [-0.15, -0.1) is 0 Å². The summed E-state index contributed by atoms with van der Waals surface area (Å²) in [6.45, 7) is 1.64. The first-order valence-electron chi connectivity index (χ1n) is 7.23. The summed E-state index contributed by atoms with van der Waals surface area (Å²) in [6.07, 6.45) is 3.46. The van der Waals surface area contributed by atoms with Crippen LogP contribution in [0.1, 0.15) is 41.6 Å². The van der Waals surface area contributed by atoms with Crippen LogP contribution in [-0.2, 0) is 9.59 Å². The lowest BCUT2D eigenvalue weighted by molar-refractivity contribution is -0.122. The Kier molecular flexibility index (Phi) is 3.27. The van der Waals surface area contributed by atoms with Crippen LogP contribution in [0.15, 0.2) is 18.2 Å². The second-order valence-electron chi connectivity index (χ2n) is 5.76. The number of imide groups is 1. The third-order valence-corrected chi connectivity index (χ3v) is 4.62. The van der Waals surface area contributed by atoms with Crippen molar-refractivity contribution in [1.29, 1.82) is 0 Å². The van der Waals surface area contributed by atoms with Crippen molar-refractivity contribution in [2.45, 2.75) is 32.6 Å². The van der Waals surface area contributed by atoms with Gasteiger partial charge in [-0.05, 0) is 37.5 Å². The van der Waals surface area contributed by atoms with Crippen molar-refractivity contribution in [1.82, 2.24) is 0 Å². The third-order valence-electron chi connectivity index (χ3n) is 4.62. The summed E-state index contributed by atoms with van der Waals surface area (Å²) < 4.78 is 0. The molecule has 1 saturated carbocycles. The van der Waals surface area contributed by atoms with E-state index in [4.69, 9.17) is 0 Å².